The summed E-state index contributed by atoms with van der Waals surface area (Å²) in [7, 11) is 0. The first-order chi connectivity index (χ1) is 6.92. The van der Waals surface area contributed by atoms with Crippen LogP contribution in [0, 0.1) is 11.3 Å². The summed E-state index contributed by atoms with van der Waals surface area (Å²) in [6.45, 7) is 4.21. The standard InChI is InChI=1S/C12H12Cl2O/c1-12(2)6-8(12)11(15)7-3-4-9(13)10(14)5-7/h3-5,8H,6H2,1-2H3/t8-/m0/s1. The Morgan fingerprint density at radius 2 is 1.93 bits per heavy atom. The molecule has 80 valence electrons. The molecule has 1 saturated carbocycles. The van der Waals surface area contributed by atoms with Gasteiger partial charge >= 0.3 is 0 Å². The van der Waals surface area contributed by atoms with Gasteiger partial charge in [-0.2, -0.15) is 0 Å². The van der Waals surface area contributed by atoms with Crippen LogP contribution in [0.15, 0.2) is 18.2 Å². The lowest BCUT2D eigenvalue weighted by atomic mass is 10.0. The molecule has 1 atom stereocenters. The fraction of sp³-hybridized carbons (Fsp3) is 0.417. The lowest BCUT2D eigenvalue weighted by Gasteiger charge is -2.04. The Hall–Kier alpha value is -0.530. The number of carbonyl (C=O) groups is 1. The summed E-state index contributed by atoms with van der Waals surface area (Å²) in [6, 6.07) is 5.07. The highest BCUT2D eigenvalue weighted by molar-refractivity contribution is 6.42. The van der Waals surface area contributed by atoms with Gasteiger partial charge in [0.25, 0.3) is 0 Å². The molecule has 0 bridgehead atoms. The summed E-state index contributed by atoms with van der Waals surface area (Å²) in [5.41, 5.74) is 0.823. The minimum Gasteiger partial charge on any atom is -0.294 e. The number of halogens is 2. The van der Waals surface area contributed by atoms with Gasteiger partial charge in [0, 0.05) is 11.5 Å². The average molecular weight is 243 g/mol. The van der Waals surface area contributed by atoms with E-state index in [4.69, 9.17) is 23.2 Å². The number of benzene rings is 1. The molecule has 1 aliphatic carbocycles. The van der Waals surface area contributed by atoms with Gasteiger partial charge in [0.15, 0.2) is 5.78 Å². The third-order valence-corrected chi connectivity index (χ3v) is 3.77. The predicted octanol–water partition coefficient (Wildman–Crippen LogP) is 4.22. The van der Waals surface area contributed by atoms with Crippen molar-refractivity contribution in [3.8, 4) is 0 Å². The Morgan fingerprint density at radius 3 is 2.40 bits per heavy atom. The number of ketones is 1. The second-order valence-electron chi connectivity index (χ2n) is 4.74. The van der Waals surface area contributed by atoms with E-state index in [2.05, 4.69) is 13.8 Å². The Kier molecular flexibility index (Phi) is 2.56. The van der Waals surface area contributed by atoms with Gasteiger partial charge in [0.1, 0.15) is 0 Å². The van der Waals surface area contributed by atoms with E-state index in [9.17, 15) is 4.79 Å². The van der Waals surface area contributed by atoms with E-state index in [0.29, 0.717) is 15.6 Å². The van der Waals surface area contributed by atoms with Crippen LogP contribution in [0.4, 0.5) is 0 Å². The maximum Gasteiger partial charge on any atom is 0.166 e. The van der Waals surface area contributed by atoms with Crippen molar-refractivity contribution in [2.45, 2.75) is 20.3 Å². The van der Waals surface area contributed by atoms with E-state index >= 15 is 0 Å². The Morgan fingerprint density at radius 1 is 1.33 bits per heavy atom. The highest BCUT2D eigenvalue weighted by Gasteiger charge is 2.50. The lowest BCUT2D eigenvalue weighted by Crippen LogP contribution is -2.06. The summed E-state index contributed by atoms with van der Waals surface area (Å²) in [5, 5.41) is 0.934. The molecule has 1 nitrogen and oxygen atoms in total. The zero-order valence-electron chi connectivity index (χ0n) is 8.68. The maximum absolute atomic E-state index is 12.0. The largest absolute Gasteiger partial charge is 0.294 e. The van der Waals surface area contributed by atoms with E-state index in [-0.39, 0.29) is 17.1 Å². The SMILES string of the molecule is CC1(C)C[C@H]1C(=O)c1ccc(Cl)c(Cl)c1. The van der Waals surface area contributed by atoms with Crippen LogP contribution in [-0.2, 0) is 0 Å². The van der Waals surface area contributed by atoms with Crippen molar-refractivity contribution in [2.24, 2.45) is 11.3 Å². The number of hydrogen-bond acceptors (Lipinski definition) is 1. The van der Waals surface area contributed by atoms with Gasteiger partial charge in [-0.1, -0.05) is 37.0 Å². The Bertz CT molecular complexity index is 424. The summed E-state index contributed by atoms with van der Waals surface area (Å²) in [5.74, 6) is 0.327. The molecular weight excluding hydrogens is 231 g/mol. The Labute approximate surface area is 99.4 Å². The molecule has 3 heteroatoms. The van der Waals surface area contributed by atoms with Crippen molar-refractivity contribution < 1.29 is 4.79 Å². The quantitative estimate of drug-likeness (QED) is 0.710. The summed E-state index contributed by atoms with van der Waals surface area (Å²) in [4.78, 5) is 12.0. The molecule has 0 aliphatic heterocycles. The summed E-state index contributed by atoms with van der Waals surface area (Å²) >= 11 is 11.7. The van der Waals surface area contributed by atoms with Gasteiger partial charge in [-0.15, -0.1) is 0 Å². The lowest BCUT2D eigenvalue weighted by molar-refractivity contribution is 0.0953. The fourth-order valence-electron chi connectivity index (χ4n) is 1.77. The number of hydrogen-bond donors (Lipinski definition) is 0. The first-order valence-corrected chi connectivity index (χ1v) is 5.67. The van der Waals surface area contributed by atoms with Crippen molar-refractivity contribution in [3.63, 3.8) is 0 Å². The van der Waals surface area contributed by atoms with Crippen molar-refractivity contribution >= 4 is 29.0 Å². The van der Waals surface area contributed by atoms with E-state index < -0.39 is 0 Å². The second-order valence-corrected chi connectivity index (χ2v) is 5.55. The molecule has 1 aromatic carbocycles. The maximum atomic E-state index is 12.0. The third-order valence-electron chi connectivity index (χ3n) is 3.03. The van der Waals surface area contributed by atoms with Crippen LogP contribution in [-0.4, -0.2) is 5.78 Å². The van der Waals surface area contributed by atoms with E-state index in [1.807, 2.05) is 0 Å². The number of carbonyl (C=O) groups excluding carboxylic acids is 1. The highest BCUT2D eigenvalue weighted by atomic mass is 35.5. The molecule has 0 aromatic heterocycles. The normalized spacial score (nSPS) is 22.5. The van der Waals surface area contributed by atoms with Gasteiger partial charge in [-0.3, -0.25) is 4.79 Å². The van der Waals surface area contributed by atoms with Crippen molar-refractivity contribution in [1.29, 1.82) is 0 Å². The van der Waals surface area contributed by atoms with Gasteiger partial charge in [0.05, 0.1) is 10.0 Å². The predicted molar refractivity (Wildman–Crippen MR) is 62.7 cm³/mol. The van der Waals surface area contributed by atoms with Gasteiger partial charge in [-0.25, -0.2) is 0 Å². The molecule has 1 aliphatic rings. The highest BCUT2D eigenvalue weighted by Crippen LogP contribution is 2.53. The zero-order chi connectivity index (χ0) is 11.2. The van der Waals surface area contributed by atoms with E-state index in [1.54, 1.807) is 18.2 Å². The van der Waals surface area contributed by atoms with Gasteiger partial charge in [-0.05, 0) is 30.0 Å². The van der Waals surface area contributed by atoms with Gasteiger partial charge < -0.3 is 0 Å². The van der Waals surface area contributed by atoms with Crippen molar-refractivity contribution in [3.05, 3.63) is 33.8 Å². The molecule has 0 saturated heterocycles. The third kappa shape index (κ3) is 2.04. The minimum absolute atomic E-state index is 0.148. The topological polar surface area (TPSA) is 17.1 Å². The Balaban J connectivity index is 2.24. The zero-order valence-corrected chi connectivity index (χ0v) is 10.2. The summed E-state index contributed by atoms with van der Waals surface area (Å²) < 4.78 is 0. The molecule has 0 spiro atoms. The molecule has 0 N–H and O–H groups in total. The molecule has 0 amide bonds. The fourth-order valence-corrected chi connectivity index (χ4v) is 2.06. The van der Waals surface area contributed by atoms with Crippen LogP contribution >= 0.6 is 23.2 Å². The van der Waals surface area contributed by atoms with Crippen molar-refractivity contribution in [1.82, 2.24) is 0 Å². The van der Waals surface area contributed by atoms with Crippen LogP contribution < -0.4 is 0 Å². The van der Waals surface area contributed by atoms with E-state index in [1.165, 1.54) is 0 Å². The van der Waals surface area contributed by atoms with Gasteiger partial charge in [0.2, 0.25) is 0 Å². The minimum atomic E-state index is 0.148. The van der Waals surface area contributed by atoms with Crippen LogP contribution in [0.5, 0.6) is 0 Å². The van der Waals surface area contributed by atoms with E-state index in [0.717, 1.165) is 6.42 Å². The van der Waals surface area contributed by atoms with Crippen LogP contribution in [0.2, 0.25) is 10.0 Å². The van der Waals surface area contributed by atoms with Crippen molar-refractivity contribution in [2.75, 3.05) is 0 Å². The van der Waals surface area contributed by atoms with Crippen LogP contribution in [0.1, 0.15) is 30.6 Å². The molecule has 15 heavy (non-hydrogen) atoms. The molecule has 0 radical (unpaired) electrons. The van der Waals surface area contributed by atoms with Crippen LogP contribution in [0.25, 0.3) is 0 Å². The molecule has 2 rings (SSSR count). The smallest absolute Gasteiger partial charge is 0.166 e. The first kappa shape index (κ1) is 11.0. The number of rotatable bonds is 2. The number of Topliss-reactive ketones (excluding diaryl/α,β-unsaturated/α-hetero) is 1. The van der Waals surface area contributed by atoms with Crippen LogP contribution in [0.3, 0.4) is 0 Å². The molecule has 0 heterocycles. The molecule has 1 fully saturated rings. The molecule has 0 unspecified atom stereocenters. The first-order valence-electron chi connectivity index (χ1n) is 4.91. The monoisotopic (exact) mass is 242 g/mol. The molecule has 1 aromatic rings. The average Bonchev–Trinajstić information content (AvgIpc) is 2.79. The summed E-state index contributed by atoms with van der Waals surface area (Å²) in [6.07, 6.45) is 0.964. The molecular formula is C12H12Cl2O. The second kappa shape index (κ2) is 3.50.